The third-order valence-electron chi connectivity index (χ3n) is 4.32. The topological polar surface area (TPSA) is 42.7 Å². The van der Waals surface area contributed by atoms with E-state index in [0.29, 0.717) is 12.0 Å². The van der Waals surface area contributed by atoms with Crippen molar-refractivity contribution in [2.45, 2.75) is 31.7 Å². The third kappa shape index (κ3) is 1.96. The van der Waals surface area contributed by atoms with Gasteiger partial charge in [-0.25, -0.2) is 0 Å². The van der Waals surface area contributed by atoms with Crippen molar-refractivity contribution in [3.05, 3.63) is 47.0 Å². The molecule has 4 nitrogen and oxygen atoms in total. The Hall–Kier alpha value is -1.68. The van der Waals surface area contributed by atoms with Crippen LogP contribution in [0.2, 0.25) is 0 Å². The van der Waals surface area contributed by atoms with Gasteiger partial charge in [0.05, 0.1) is 6.20 Å². The molecule has 4 heteroatoms. The molecule has 0 saturated heterocycles. The average Bonchev–Trinajstić information content (AvgIpc) is 2.99. The summed E-state index contributed by atoms with van der Waals surface area (Å²) < 4.78 is 1.94. The van der Waals surface area contributed by atoms with Gasteiger partial charge in [-0.05, 0) is 38.4 Å². The highest BCUT2D eigenvalue weighted by molar-refractivity contribution is 5.34. The quantitative estimate of drug-likeness (QED) is 0.914. The lowest BCUT2D eigenvalue weighted by atomic mass is 9.91. The van der Waals surface area contributed by atoms with Crippen LogP contribution in [0.1, 0.15) is 40.9 Å². The van der Waals surface area contributed by atoms with Crippen LogP contribution in [0.15, 0.2) is 24.5 Å². The smallest absolute Gasteiger partial charge is 0.0540 e. The molecule has 3 rings (SSSR count). The van der Waals surface area contributed by atoms with Crippen molar-refractivity contribution in [2.75, 3.05) is 7.05 Å². The molecule has 0 aliphatic heterocycles. The van der Waals surface area contributed by atoms with Crippen LogP contribution < -0.4 is 5.32 Å². The number of hydrogen-bond donors (Lipinski definition) is 1. The van der Waals surface area contributed by atoms with Crippen LogP contribution in [0.3, 0.4) is 0 Å². The molecule has 0 amide bonds. The van der Waals surface area contributed by atoms with Gasteiger partial charge in [0.25, 0.3) is 0 Å². The number of nitrogens with one attached hydrogen (secondary N) is 1. The molecule has 2 heterocycles. The first-order chi connectivity index (χ1) is 9.22. The van der Waals surface area contributed by atoms with Gasteiger partial charge in [-0.1, -0.05) is 6.07 Å². The van der Waals surface area contributed by atoms with Crippen molar-refractivity contribution < 1.29 is 0 Å². The van der Waals surface area contributed by atoms with Crippen molar-refractivity contribution in [3.63, 3.8) is 0 Å². The van der Waals surface area contributed by atoms with E-state index in [-0.39, 0.29) is 0 Å². The van der Waals surface area contributed by atoms with Crippen LogP contribution in [0, 0.1) is 6.92 Å². The fraction of sp³-hybridized carbons (Fsp3) is 0.467. The van der Waals surface area contributed by atoms with Gasteiger partial charge in [-0.2, -0.15) is 5.10 Å². The third-order valence-corrected chi connectivity index (χ3v) is 4.32. The zero-order valence-corrected chi connectivity index (χ0v) is 11.7. The summed E-state index contributed by atoms with van der Waals surface area (Å²) in [5.41, 5.74) is 5.16. The van der Waals surface area contributed by atoms with Crippen LogP contribution in [0.5, 0.6) is 0 Å². The molecule has 0 spiro atoms. The summed E-state index contributed by atoms with van der Waals surface area (Å²) in [6, 6.07) is 4.53. The monoisotopic (exact) mass is 256 g/mol. The lowest BCUT2D eigenvalue weighted by Gasteiger charge is -2.23. The zero-order chi connectivity index (χ0) is 13.4. The van der Waals surface area contributed by atoms with E-state index >= 15 is 0 Å². The summed E-state index contributed by atoms with van der Waals surface area (Å²) in [5.74, 6) is 0.448. The Kier molecular flexibility index (Phi) is 3.11. The zero-order valence-electron chi connectivity index (χ0n) is 11.7. The van der Waals surface area contributed by atoms with E-state index in [2.05, 4.69) is 28.4 Å². The number of hydrogen-bond acceptors (Lipinski definition) is 3. The van der Waals surface area contributed by atoms with Crippen molar-refractivity contribution in [2.24, 2.45) is 7.05 Å². The van der Waals surface area contributed by atoms with Crippen molar-refractivity contribution in [1.82, 2.24) is 20.1 Å². The second kappa shape index (κ2) is 4.78. The van der Waals surface area contributed by atoms with E-state index in [9.17, 15) is 0 Å². The summed E-state index contributed by atoms with van der Waals surface area (Å²) in [7, 11) is 4.02. The van der Waals surface area contributed by atoms with Crippen LogP contribution in [-0.2, 0) is 13.5 Å². The predicted molar refractivity (Wildman–Crippen MR) is 75.0 cm³/mol. The molecular weight excluding hydrogens is 236 g/mol. The van der Waals surface area contributed by atoms with Gasteiger partial charge in [-0.15, -0.1) is 0 Å². The second-order valence-electron chi connectivity index (χ2n) is 5.27. The fourth-order valence-corrected chi connectivity index (χ4v) is 3.16. The Morgan fingerprint density at radius 2 is 2.32 bits per heavy atom. The molecule has 2 unspecified atom stereocenters. The first kappa shape index (κ1) is 12.4. The Morgan fingerprint density at radius 1 is 1.47 bits per heavy atom. The van der Waals surface area contributed by atoms with E-state index in [1.807, 2.05) is 37.2 Å². The number of rotatable bonds is 3. The number of aryl methyl sites for hydroxylation is 2. The highest BCUT2D eigenvalue weighted by Gasteiger charge is 2.32. The maximum Gasteiger partial charge on any atom is 0.0540 e. The summed E-state index contributed by atoms with van der Waals surface area (Å²) >= 11 is 0. The first-order valence-corrected chi connectivity index (χ1v) is 6.82. The molecule has 0 radical (unpaired) electrons. The largest absolute Gasteiger partial charge is 0.312 e. The lowest BCUT2D eigenvalue weighted by Crippen LogP contribution is -2.23. The van der Waals surface area contributed by atoms with Crippen LogP contribution >= 0.6 is 0 Å². The Bertz CT molecular complexity index is 588. The molecule has 2 aromatic rings. The molecule has 1 aliphatic carbocycles. The minimum atomic E-state index is 0.296. The van der Waals surface area contributed by atoms with Crippen molar-refractivity contribution >= 4 is 0 Å². The van der Waals surface area contributed by atoms with Gasteiger partial charge in [0.15, 0.2) is 0 Å². The van der Waals surface area contributed by atoms with E-state index < -0.39 is 0 Å². The molecule has 100 valence electrons. The molecule has 0 aromatic carbocycles. The summed E-state index contributed by atoms with van der Waals surface area (Å²) in [5, 5.41) is 7.83. The first-order valence-electron chi connectivity index (χ1n) is 6.82. The summed E-state index contributed by atoms with van der Waals surface area (Å²) in [6.07, 6.45) is 6.18. The molecule has 0 saturated carbocycles. The summed E-state index contributed by atoms with van der Waals surface area (Å²) in [4.78, 5) is 4.60. The minimum absolute atomic E-state index is 0.296. The van der Waals surface area contributed by atoms with E-state index in [4.69, 9.17) is 0 Å². The maximum atomic E-state index is 4.60. The van der Waals surface area contributed by atoms with Gasteiger partial charge in [0.1, 0.15) is 0 Å². The van der Waals surface area contributed by atoms with E-state index in [0.717, 1.165) is 12.8 Å². The number of fused-ring (bicyclic) bond motifs is 1. The molecule has 1 N–H and O–H groups in total. The predicted octanol–water partition coefficient (Wildman–Crippen LogP) is 2.11. The van der Waals surface area contributed by atoms with Gasteiger partial charge < -0.3 is 5.32 Å². The highest BCUT2D eigenvalue weighted by Crippen LogP contribution is 2.40. The molecule has 2 aromatic heterocycles. The molecule has 0 fully saturated rings. The van der Waals surface area contributed by atoms with E-state index in [1.165, 1.54) is 22.5 Å². The molecule has 2 atom stereocenters. The molecule has 19 heavy (non-hydrogen) atoms. The number of aromatic nitrogens is 3. The normalized spacial score (nSPS) is 19.4. The van der Waals surface area contributed by atoms with Crippen molar-refractivity contribution in [1.29, 1.82) is 0 Å². The second-order valence-corrected chi connectivity index (χ2v) is 5.27. The van der Waals surface area contributed by atoms with Gasteiger partial charge >= 0.3 is 0 Å². The fourth-order valence-electron chi connectivity index (χ4n) is 3.16. The number of pyridine rings is 1. The Labute approximate surface area is 113 Å². The molecule has 0 bridgehead atoms. The van der Waals surface area contributed by atoms with Crippen molar-refractivity contribution in [3.8, 4) is 0 Å². The van der Waals surface area contributed by atoms with Gasteiger partial charge in [0.2, 0.25) is 0 Å². The minimum Gasteiger partial charge on any atom is -0.312 e. The summed E-state index contributed by atoms with van der Waals surface area (Å²) in [6.45, 7) is 2.13. The number of nitrogens with zero attached hydrogens (tertiary/aromatic N) is 3. The maximum absolute atomic E-state index is 4.60. The van der Waals surface area contributed by atoms with Gasteiger partial charge in [-0.3, -0.25) is 9.67 Å². The average molecular weight is 256 g/mol. The van der Waals surface area contributed by atoms with E-state index in [1.54, 1.807) is 0 Å². The standard InChI is InChI=1S/C15H20N4/c1-10-13(9-18-19(10)3)15(16-2)12-7-6-11-5-4-8-17-14(11)12/h4-5,8-9,12,15-16H,6-7H2,1-3H3. The number of likely N-dealkylation sites (N-methyl/N-ethyl adjacent to an activating group) is 1. The molecular formula is C15H20N4. The van der Waals surface area contributed by atoms with Crippen LogP contribution in [-0.4, -0.2) is 21.8 Å². The van der Waals surface area contributed by atoms with Crippen LogP contribution in [0.4, 0.5) is 0 Å². The Balaban J connectivity index is 1.99. The lowest BCUT2D eigenvalue weighted by molar-refractivity contribution is 0.467. The Morgan fingerprint density at radius 3 is 3.00 bits per heavy atom. The molecule has 1 aliphatic rings. The SMILES string of the molecule is CNC(c1cnn(C)c1C)C1CCc2cccnc21. The van der Waals surface area contributed by atoms with Gasteiger partial charge in [0, 0.05) is 42.2 Å². The highest BCUT2D eigenvalue weighted by atomic mass is 15.3. The van der Waals surface area contributed by atoms with Crippen LogP contribution in [0.25, 0.3) is 0 Å².